The number of nitrogens with zero attached hydrogens (tertiary/aromatic N) is 1. The normalized spacial score (nSPS) is 10.7. The second-order valence-corrected chi connectivity index (χ2v) is 4.35. The van der Waals surface area contributed by atoms with Crippen molar-refractivity contribution >= 4 is 11.5 Å². The second kappa shape index (κ2) is 7.76. The van der Waals surface area contributed by atoms with Crippen LogP contribution >= 0.6 is 0 Å². The van der Waals surface area contributed by atoms with Crippen LogP contribution < -0.4 is 15.8 Å². The molecular weight excluding hydrogens is 230 g/mol. The molecule has 1 rings (SSSR count). The zero-order valence-corrected chi connectivity index (χ0v) is 11.4. The first kappa shape index (κ1) is 14.6. The van der Waals surface area contributed by atoms with Gasteiger partial charge < -0.3 is 20.5 Å². The van der Waals surface area contributed by atoms with Crippen LogP contribution in [0.5, 0.6) is 5.88 Å². The molecule has 1 aromatic rings. The Morgan fingerprint density at radius 1 is 1.33 bits per heavy atom. The first-order valence-electron chi connectivity index (χ1n) is 6.29. The molecule has 0 saturated carbocycles. The smallest absolute Gasteiger partial charge is 0.238 e. The summed E-state index contributed by atoms with van der Waals surface area (Å²) in [6, 6.07) is 3.64. The summed E-state index contributed by atoms with van der Waals surface area (Å²) in [5, 5.41) is 3.23. The van der Waals surface area contributed by atoms with E-state index in [0.29, 0.717) is 17.7 Å². The molecule has 5 heteroatoms. The fourth-order valence-electron chi connectivity index (χ4n) is 1.48. The Balaban J connectivity index is 2.23. The van der Waals surface area contributed by atoms with E-state index in [0.717, 1.165) is 31.8 Å². The Morgan fingerprint density at radius 2 is 2.11 bits per heavy atom. The van der Waals surface area contributed by atoms with Gasteiger partial charge >= 0.3 is 0 Å². The van der Waals surface area contributed by atoms with Gasteiger partial charge in [0.25, 0.3) is 0 Å². The summed E-state index contributed by atoms with van der Waals surface area (Å²) >= 11 is 0. The van der Waals surface area contributed by atoms with Gasteiger partial charge in [0.2, 0.25) is 5.88 Å². The molecule has 0 fully saturated rings. The minimum Gasteiger partial charge on any atom is -0.479 e. The molecule has 102 valence electrons. The molecular formula is C13H23N3O2. The van der Waals surface area contributed by atoms with Crippen molar-refractivity contribution in [3.05, 3.63) is 12.1 Å². The zero-order valence-electron chi connectivity index (χ0n) is 11.4. The van der Waals surface area contributed by atoms with E-state index in [9.17, 15) is 0 Å². The summed E-state index contributed by atoms with van der Waals surface area (Å²) in [4.78, 5) is 4.25. The average Bonchev–Trinajstić information content (AvgIpc) is 2.35. The van der Waals surface area contributed by atoms with Gasteiger partial charge in [-0.15, -0.1) is 0 Å². The quantitative estimate of drug-likeness (QED) is 0.696. The number of ether oxygens (including phenoxy) is 2. The lowest BCUT2D eigenvalue weighted by Gasteiger charge is -2.09. The summed E-state index contributed by atoms with van der Waals surface area (Å²) in [6.45, 7) is 5.75. The molecule has 0 amide bonds. The van der Waals surface area contributed by atoms with E-state index < -0.39 is 0 Å². The maximum absolute atomic E-state index is 5.69. The number of nitrogens with two attached hydrogens (primary N) is 1. The van der Waals surface area contributed by atoms with Crippen molar-refractivity contribution in [2.24, 2.45) is 0 Å². The Labute approximate surface area is 109 Å². The molecule has 0 unspecified atom stereocenters. The topological polar surface area (TPSA) is 69.4 Å². The monoisotopic (exact) mass is 253 g/mol. The number of pyridine rings is 1. The third-order valence-corrected chi connectivity index (χ3v) is 2.41. The molecule has 18 heavy (non-hydrogen) atoms. The molecule has 0 aliphatic carbocycles. The highest BCUT2D eigenvalue weighted by Gasteiger charge is 2.02. The van der Waals surface area contributed by atoms with Crippen molar-refractivity contribution < 1.29 is 9.47 Å². The number of anilines is 2. The van der Waals surface area contributed by atoms with Gasteiger partial charge in [-0.1, -0.05) is 0 Å². The average molecular weight is 253 g/mol. The van der Waals surface area contributed by atoms with E-state index in [1.165, 1.54) is 0 Å². The van der Waals surface area contributed by atoms with Crippen molar-refractivity contribution in [3.8, 4) is 5.88 Å². The molecule has 0 radical (unpaired) electrons. The van der Waals surface area contributed by atoms with Crippen LogP contribution in [0.25, 0.3) is 0 Å². The van der Waals surface area contributed by atoms with Gasteiger partial charge in [-0.2, -0.15) is 4.98 Å². The van der Waals surface area contributed by atoms with E-state index in [2.05, 4.69) is 10.3 Å². The molecule has 1 heterocycles. The Kier molecular flexibility index (Phi) is 6.28. The molecule has 0 saturated heterocycles. The minimum atomic E-state index is 0.306. The fraction of sp³-hybridized carbons (Fsp3) is 0.615. The zero-order chi connectivity index (χ0) is 13.4. The number of unbranched alkanes of at least 4 members (excludes halogenated alkanes) is 1. The number of nitrogen functional groups attached to an aromatic ring is 1. The van der Waals surface area contributed by atoms with Crippen LogP contribution in [-0.2, 0) is 4.74 Å². The lowest BCUT2D eigenvalue weighted by Crippen LogP contribution is -2.08. The van der Waals surface area contributed by atoms with Gasteiger partial charge in [0.1, 0.15) is 5.82 Å². The Morgan fingerprint density at radius 3 is 2.78 bits per heavy atom. The van der Waals surface area contributed by atoms with Crippen LogP contribution in [0.2, 0.25) is 0 Å². The highest BCUT2D eigenvalue weighted by Crippen LogP contribution is 2.19. The highest BCUT2D eigenvalue weighted by atomic mass is 16.5. The SMILES string of the molecule is COc1nc(NCCCCOC(C)C)ccc1N. The van der Waals surface area contributed by atoms with Gasteiger partial charge in [-0.25, -0.2) is 0 Å². The summed E-state index contributed by atoms with van der Waals surface area (Å²) in [7, 11) is 1.56. The van der Waals surface area contributed by atoms with Crippen molar-refractivity contribution in [1.29, 1.82) is 0 Å². The molecule has 0 spiro atoms. The largest absolute Gasteiger partial charge is 0.479 e. The molecule has 1 aromatic heterocycles. The first-order chi connectivity index (χ1) is 8.63. The van der Waals surface area contributed by atoms with Crippen molar-refractivity contribution in [1.82, 2.24) is 4.98 Å². The number of hydrogen-bond donors (Lipinski definition) is 2. The number of aromatic nitrogens is 1. The number of rotatable bonds is 8. The molecule has 0 aliphatic heterocycles. The van der Waals surface area contributed by atoms with Crippen LogP contribution in [0.1, 0.15) is 26.7 Å². The second-order valence-electron chi connectivity index (χ2n) is 4.35. The summed E-state index contributed by atoms with van der Waals surface area (Å²) in [6.07, 6.45) is 2.39. The molecule has 3 N–H and O–H groups in total. The minimum absolute atomic E-state index is 0.306. The fourth-order valence-corrected chi connectivity index (χ4v) is 1.48. The van der Waals surface area contributed by atoms with E-state index >= 15 is 0 Å². The maximum Gasteiger partial charge on any atom is 0.238 e. The third kappa shape index (κ3) is 5.23. The predicted molar refractivity (Wildman–Crippen MR) is 74.0 cm³/mol. The summed E-state index contributed by atoms with van der Waals surface area (Å²) in [5.41, 5.74) is 6.24. The Bertz CT molecular complexity index is 356. The number of nitrogens with one attached hydrogen (secondary N) is 1. The molecule has 0 aliphatic rings. The summed E-state index contributed by atoms with van der Waals surface area (Å²) in [5.74, 6) is 1.24. The van der Waals surface area contributed by atoms with E-state index in [4.69, 9.17) is 15.2 Å². The highest BCUT2D eigenvalue weighted by molar-refractivity contribution is 5.53. The van der Waals surface area contributed by atoms with Gasteiger partial charge in [-0.3, -0.25) is 0 Å². The van der Waals surface area contributed by atoms with Crippen LogP contribution in [0.15, 0.2) is 12.1 Å². The van der Waals surface area contributed by atoms with E-state index in [1.54, 1.807) is 13.2 Å². The van der Waals surface area contributed by atoms with Crippen LogP contribution in [0.3, 0.4) is 0 Å². The third-order valence-electron chi connectivity index (χ3n) is 2.41. The van der Waals surface area contributed by atoms with E-state index in [-0.39, 0.29) is 0 Å². The van der Waals surface area contributed by atoms with Crippen LogP contribution in [0.4, 0.5) is 11.5 Å². The number of methoxy groups -OCH3 is 1. The molecule has 0 bridgehead atoms. The maximum atomic E-state index is 5.69. The number of hydrogen-bond acceptors (Lipinski definition) is 5. The van der Waals surface area contributed by atoms with Gasteiger partial charge in [0.05, 0.1) is 18.9 Å². The van der Waals surface area contributed by atoms with Crippen LogP contribution in [0, 0.1) is 0 Å². The van der Waals surface area contributed by atoms with Crippen LogP contribution in [-0.4, -0.2) is 31.3 Å². The molecule has 0 atom stereocenters. The first-order valence-corrected chi connectivity index (χ1v) is 6.29. The van der Waals surface area contributed by atoms with Crippen molar-refractivity contribution in [2.45, 2.75) is 32.8 Å². The lowest BCUT2D eigenvalue weighted by molar-refractivity contribution is 0.0765. The Hall–Kier alpha value is -1.49. The van der Waals surface area contributed by atoms with E-state index in [1.807, 2.05) is 19.9 Å². The molecule has 0 aromatic carbocycles. The lowest BCUT2D eigenvalue weighted by atomic mass is 10.3. The standard InChI is InChI=1S/C13H23N3O2/c1-10(2)18-9-5-4-8-15-12-7-6-11(14)13(16-12)17-3/h6-7,10H,4-5,8-9,14H2,1-3H3,(H,15,16). The van der Waals surface area contributed by atoms with Gasteiger partial charge in [0.15, 0.2) is 0 Å². The van der Waals surface area contributed by atoms with Gasteiger partial charge in [0, 0.05) is 13.2 Å². The predicted octanol–water partition coefficient (Wildman–Crippen LogP) is 2.29. The summed E-state index contributed by atoms with van der Waals surface area (Å²) < 4.78 is 10.5. The molecule has 5 nitrogen and oxygen atoms in total. The van der Waals surface area contributed by atoms with Crippen molar-refractivity contribution in [3.63, 3.8) is 0 Å². The van der Waals surface area contributed by atoms with Crippen molar-refractivity contribution in [2.75, 3.05) is 31.3 Å². The van der Waals surface area contributed by atoms with Gasteiger partial charge in [-0.05, 0) is 38.8 Å².